The minimum atomic E-state index is -3.19. The molecule has 2 aromatic rings. The van der Waals surface area contributed by atoms with Crippen LogP contribution < -0.4 is 10.4 Å². The van der Waals surface area contributed by atoms with Crippen molar-refractivity contribution in [2.24, 2.45) is 0 Å². The first-order valence-corrected chi connectivity index (χ1v) is 9.63. The van der Waals surface area contributed by atoms with Gasteiger partial charge >= 0.3 is 0 Å². The summed E-state index contributed by atoms with van der Waals surface area (Å²) in [7, 11) is -3.19. The minimum absolute atomic E-state index is 0.102. The van der Waals surface area contributed by atoms with Crippen molar-refractivity contribution in [3.05, 3.63) is 76.7 Å². The van der Waals surface area contributed by atoms with E-state index in [2.05, 4.69) is 6.07 Å². The van der Waals surface area contributed by atoms with Crippen molar-refractivity contribution >= 4 is 21.7 Å². The maximum Gasteiger partial charge on any atom is 0.178 e. The van der Waals surface area contributed by atoms with Crippen molar-refractivity contribution in [3.8, 4) is 0 Å². The second kappa shape index (κ2) is 6.65. The standard InChI is InChI=1S/C20H20O3S/c1-3-7-19-20(18-9-6-5-8-16(18)14-23-19)15-10-12-17(13-11-15)24(21,22)4-2/h3,5-14,19H,4H2,1-2H3. The Morgan fingerprint density at radius 3 is 2.46 bits per heavy atom. The summed E-state index contributed by atoms with van der Waals surface area (Å²) in [5.41, 5.74) is 2.01. The van der Waals surface area contributed by atoms with Gasteiger partial charge in [0.15, 0.2) is 9.84 Å². The number of fused-ring (bicyclic) bond motifs is 1. The van der Waals surface area contributed by atoms with Crippen molar-refractivity contribution in [1.82, 2.24) is 0 Å². The minimum Gasteiger partial charge on any atom is -0.489 e. The molecule has 3 nitrogen and oxygen atoms in total. The van der Waals surface area contributed by atoms with Crippen molar-refractivity contribution < 1.29 is 13.2 Å². The number of hydrogen-bond donors (Lipinski definition) is 0. The number of allylic oxidation sites excluding steroid dienone is 1. The molecule has 0 saturated carbocycles. The molecule has 1 aliphatic heterocycles. The molecule has 0 aromatic heterocycles. The summed E-state index contributed by atoms with van der Waals surface area (Å²) in [6.07, 6.45) is 5.55. The van der Waals surface area contributed by atoms with E-state index in [1.807, 2.05) is 49.4 Å². The molecular formula is C20H20O3S. The highest BCUT2D eigenvalue weighted by Gasteiger charge is 2.19. The summed E-state index contributed by atoms with van der Waals surface area (Å²) in [5, 5.41) is 2.14. The normalized spacial score (nSPS) is 17.2. The van der Waals surface area contributed by atoms with Crippen LogP contribution in [-0.2, 0) is 14.6 Å². The second-order valence-electron chi connectivity index (χ2n) is 5.63. The molecule has 0 saturated heterocycles. The molecule has 2 aromatic carbocycles. The smallest absolute Gasteiger partial charge is 0.178 e. The van der Waals surface area contributed by atoms with Crippen molar-refractivity contribution in [2.75, 3.05) is 5.75 Å². The van der Waals surface area contributed by atoms with Gasteiger partial charge in [0.25, 0.3) is 0 Å². The molecule has 0 amide bonds. The average Bonchev–Trinajstić information content (AvgIpc) is 2.62. The van der Waals surface area contributed by atoms with E-state index in [1.54, 1.807) is 25.3 Å². The molecule has 0 bridgehead atoms. The first kappa shape index (κ1) is 16.5. The molecule has 24 heavy (non-hydrogen) atoms. The Balaban J connectivity index is 2.20. The monoisotopic (exact) mass is 340 g/mol. The average molecular weight is 340 g/mol. The van der Waals surface area contributed by atoms with Gasteiger partial charge in [-0.2, -0.15) is 0 Å². The van der Waals surface area contributed by atoms with E-state index >= 15 is 0 Å². The summed E-state index contributed by atoms with van der Waals surface area (Å²) in [4.78, 5) is 0.355. The van der Waals surface area contributed by atoms with Gasteiger partial charge in [0.1, 0.15) is 6.10 Å². The molecule has 4 heteroatoms. The molecule has 1 heterocycles. The largest absolute Gasteiger partial charge is 0.489 e. The van der Waals surface area contributed by atoms with Crippen molar-refractivity contribution in [1.29, 1.82) is 0 Å². The van der Waals surface area contributed by atoms with Crippen LogP contribution in [0, 0.1) is 0 Å². The lowest BCUT2D eigenvalue weighted by Crippen LogP contribution is -2.35. The fraction of sp³-hybridized carbons (Fsp3) is 0.200. The maximum atomic E-state index is 12.0. The van der Waals surface area contributed by atoms with E-state index in [-0.39, 0.29) is 11.9 Å². The van der Waals surface area contributed by atoms with Gasteiger partial charge in [0.2, 0.25) is 0 Å². The predicted molar refractivity (Wildman–Crippen MR) is 96.5 cm³/mol. The lowest BCUT2D eigenvalue weighted by molar-refractivity contribution is 0.275. The molecule has 0 N–H and O–H groups in total. The molecule has 1 unspecified atom stereocenters. The quantitative estimate of drug-likeness (QED) is 0.803. The van der Waals surface area contributed by atoms with Crippen LogP contribution in [0.3, 0.4) is 0 Å². The summed E-state index contributed by atoms with van der Waals surface area (Å²) in [6.45, 7) is 3.61. The van der Waals surface area contributed by atoms with E-state index in [0.29, 0.717) is 4.90 Å². The van der Waals surface area contributed by atoms with Gasteiger partial charge < -0.3 is 4.74 Å². The first-order valence-electron chi connectivity index (χ1n) is 7.97. The SMILES string of the molecule is CC=CC1OC=c2ccccc2=C1c1ccc(S(=O)(=O)CC)cc1. The van der Waals surface area contributed by atoms with Crippen LogP contribution in [-0.4, -0.2) is 20.3 Å². The van der Waals surface area contributed by atoms with E-state index in [4.69, 9.17) is 4.74 Å². The van der Waals surface area contributed by atoms with E-state index in [1.165, 1.54) is 0 Å². The summed E-state index contributed by atoms with van der Waals surface area (Å²) in [5.74, 6) is 0.102. The van der Waals surface area contributed by atoms with Crippen molar-refractivity contribution in [2.45, 2.75) is 24.8 Å². The van der Waals surface area contributed by atoms with Gasteiger partial charge in [0.05, 0.1) is 16.9 Å². The Morgan fingerprint density at radius 1 is 1.08 bits per heavy atom. The second-order valence-corrected chi connectivity index (χ2v) is 7.91. The molecular weight excluding hydrogens is 320 g/mol. The van der Waals surface area contributed by atoms with Crippen LogP contribution in [0.4, 0.5) is 0 Å². The van der Waals surface area contributed by atoms with Gasteiger partial charge in [-0.1, -0.05) is 49.4 Å². The lowest BCUT2D eigenvalue weighted by atomic mass is 9.95. The van der Waals surface area contributed by atoms with Crippen LogP contribution >= 0.6 is 0 Å². The van der Waals surface area contributed by atoms with E-state index in [9.17, 15) is 8.42 Å². The molecule has 3 rings (SSSR count). The van der Waals surface area contributed by atoms with E-state index < -0.39 is 9.84 Å². The molecule has 124 valence electrons. The summed E-state index contributed by atoms with van der Waals surface area (Å²) >= 11 is 0. The zero-order valence-electron chi connectivity index (χ0n) is 13.8. The Kier molecular flexibility index (Phi) is 4.58. The van der Waals surface area contributed by atoms with Crippen molar-refractivity contribution in [3.63, 3.8) is 0 Å². The molecule has 1 aliphatic rings. The molecule has 0 aliphatic carbocycles. The Labute approximate surface area is 142 Å². The Morgan fingerprint density at radius 2 is 1.79 bits per heavy atom. The highest BCUT2D eigenvalue weighted by atomic mass is 32.2. The fourth-order valence-corrected chi connectivity index (χ4v) is 3.74. The number of ether oxygens (including phenoxy) is 1. The fourth-order valence-electron chi connectivity index (χ4n) is 2.86. The zero-order chi connectivity index (χ0) is 17.2. The third-order valence-corrected chi connectivity index (χ3v) is 5.90. The number of sulfone groups is 1. The zero-order valence-corrected chi connectivity index (χ0v) is 14.6. The lowest BCUT2D eigenvalue weighted by Gasteiger charge is -2.21. The Bertz CT molecular complexity index is 984. The van der Waals surface area contributed by atoms with E-state index in [0.717, 1.165) is 21.6 Å². The van der Waals surface area contributed by atoms with Gasteiger partial charge in [-0.15, -0.1) is 0 Å². The molecule has 0 spiro atoms. The molecule has 0 radical (unpaired) electrons. The van der Waals surface area contributed by atoms with Gasteiger partial charge in [-0.25, -0.2) is 8.42 Å². The van der Waals surface area contributed by atoms with Gasteiger partial charge in [-0.05, 0) is 35.9 Å². The van der Waals surface area contributed by atoms with Crippen LogP contribution in [0.15, 0.2) is 65.6 Å². The third-order valence-electron chi connectivity index (χ3n) is 4.15. The highest BCUT2D eigenvalue weighted by molar-refractivity contribution is 7.91. The van der Waals surface area contributed by atoms with Crippen LogP contribution in [0.1, 0.15) is 19.4 Å². The van der Waals surface area contributed by atoms with Crippen LogP contribution in [0.2, 0.25) is 0 Å². The van der Waals surface area contributed by atoms with Crippen LogP contribution in [0.5, 0.6) is 0 Å². The van der Waals surface area contributed by atoms with Gasteiger partial charge in [-0.3, -0.25) is 0 Å². The highest BCUT2D eigenvalue weighted by Crippen LogP contribution is 2.23. The number of benzene rings is 2. The van der Waals surface area contributed by atoms with Crippen LogP contribution in [0.25, 0.3) is 11.8 Å². The molecule has 0 fully saturated rings. The Hall–Kier alpha value is -2.33. The number of hydrogen-bond acceptors (Lipinski definition) is 3. The molecule has 1 atom stereocenters. The third kappa shape index (κ3) is 3.02. The number of rotatable bonds is 4. The summed E-state index contributed by atoms with van der Waals surface area (Å²) in [6, 6.07) is 15.1. The predicted octanol–water partition coefficient (Wildman–Crippen LogP) is 2.39. The topological polar surface area (TPSA) is 43.4 Å². The van der Waals surface area contributed by atoms with Gasteiger partial charge in [0, 0.05) is 10.8 Å². The maximum absolute atomic E-state index is 12.0. The first-order chi connectivity index (χ1) is 11.6. The summed E-state index contributed by atoms with van der Waals surface area (Å²) < 4.78 is 29.9.